The van der Waals surface area contributed by atoms with E-state index < -0.39 is 0 Å². The van der Waals surface area contributed by atoms with Crippen molar-refractivity contribution in [2.24, 2.45) is 0 Å². The molecule has 1 aromatic heterocycles. The second-order valence-corrected chi connectivity index (χ2v) is 5.81. The van der Waals surface area contributed by atoms with Crippen molar-refractivity contribution in [3.63, 3.8) is 0 Å². The van der Waals surface area contributed by atoms with Crippen LogP contribution in [0.25, 0.3) is 0 Å². The van der Waals surface area contributed by atoms with Crippen LogP contribution in [0.15, 0.2) is 52.5 Å². The number of aromatic nitrogens is 1. The summed E-state index contributed by atoms with van der Waals surface area (Å²) in [6.45, 7) is 0.888. The van der Waals surface area contributed by atoms with Gasteiger partial charge in [0, 0.05) is 23.7 Å². The highest BCUT2D eigenvalue weighted by Crippen LogP contribution is 2.26. The van der Waals surface area contributed by atoms with Crippen molar-refractivity contribution < 1.29 is 4.39 Å². The molecule has 0 amide bonds. The van der Waals surface area contributed by atoms with E-state index in [1.165, 1.54) is 30.5 Å². The molecule has 4 heteroatoms. The van der Waals surface area contributed by atoms with E-state index in [0.717, 1.165) is 16.5 Å². The molecular weight excluding hydrogens is 259 g/mol. The van der Waals surface area contributed by atoms with Crippen molar-refractivity contribution in [2.75, 3.05) is 0 Å². The zero-order valence-corrected chi connectivity index (χ0v) is 11.3. The Hall–Kier alpha value is -1.39. The highest BCUT2D eigenvalue weighted by molar-refractivity contribution is 7.99. The van der Waals surface area contributed by atoms with Gasteiger partial charge in [-0.1, -0.05) is 17.8 Å². The van der Waals surface area contributed by atoms with Crippen LogP contribution in [-0.2, 0) is 6.54 Å². The largest absolute Gasteiger partial charge is 0.310 e. The van der Waals surface area contributed by atoms with Crippen LogP contribution in [0.5, 0.6) is 0 Å². The molecule has 1 fully saturated rings. The molecule has 0 atom stereocenters. The number of pyridine rings is 1. The molecule has 1 saturated carbocycles. The Bertz CT molecular complexity index is 535. The standard InChI is InChI=1S/C15H15FN2S/c16-12-2-6-14(7-3-12)19-15-8-1-11(10-18-15)9-17-13-4-5-13/h1-3,6-8,10,13,17H,4-5,9H2. The third-order valence-electron chi connectivity index (χ3n) is 3.01. The Morgan fingerprint density at radius 3 is 2.58 bits per heavy atom. The molecule has 0 spiro atoms. The molecule has 19 heavy (non-hydrogen) atoms. The first-order valence-corrected chi connectivity index (χ1v) is 7.23. The first kappa shape index (κ1) is 12.6. The normalized spacial score (nSPS) is 14.6. The first-order valence-electron chi connectivity index (χ1n) is 6.41. The van der Waals surface area contributed by atoms with Gasteiger partial charge in [0.1, 0.15) is 10.8 Å². The van der Waals surface area contributed by atoms with E-state index in [9.17, 15) is 4.39 Å². The summed E-state index contributed by atoms with van der Waals surface area (Å²) in [7, 11) is 0. The zero-order valence-electron chi connectivity index (χ0n) is 10.5. The Kier molecular flexibility index (Phi) is 3.80. The van der Waals surface area contributed by atoms with E-state index in [-0.39, 0.29) is 5.82 Å². The smallest absolute Gasteiger partial charge is 0.123 e. The van der Waals surface area contributed by atoms with Gasteiger partial charge in [-0.15, -0.1) is 0 Å². The summed E-state index contributed by atoms with van der Waals surface area (Å²) >= 11 is 1.54. The van der Waals surface area contributed by atoms with Crippen LogP contribution in [0.2, 0.25) is 0 Å². The van der Waals surface area contributed by atoms with Crippen molar-refractivity contribution in [1.29, 1.82) is 0 Å². The maximum Gasteiger partial charge on any atom is 0.123 e. The molecule has 0 aliphatic heterocycles. The lowest BCUT2D eigenvalue weighted by Crippen LogP contribution is -2.15. The van der Waals surface area contributed by atoms with Crippen molar-refractivity contribution in [3.05, 3.63) is 54.0 Å². The number of hydrogen-bond donors (Lipinski definition) is 1. The molecule has 2 nitrogen and oxygen atoms in total. The third-order valence-corrected chi connectivity index (χ3v) is 3.96. The second-order valence-electron chi connectivity index (χ2n) is 4.72. The Balaban J connectivity index is 1.59. The minimum absolute atomic E-state index is 0.209. The summed E-state index contributed by atoms with van der Waals surface area (Å²) < 4.78 is 12.8. The number of hydrogen-bond acceptors (Lipinski definition) is 3. The number of benzene rings is 1. The topological polar surface area (TPSA) is 24.9 Å². The van der Waals surface area contributed by atoms with Gasteiger partial charge in [0.2, 0.25) is 0 Å². The Morgan fingerprint density at radius 2 is 1.95 bits per heavy atom. The van der Waals surface area contributed by atoms with Gasteiger partial charge in [0.05, 0.1) is 0 Å². The van der Waals surface area contributed by atoms with Gasteiger partial charge in [-0.3, -0.25) is 0 Å². The van der Waals surface area contributed by atoms with E-state index in [4.69, 9.17) is 0 Å². The number of nitrogens with one attached hydrogen (secondary N) is 1. The summed E-state index contributed by atoms with van der Waals surface area (Å²) in [5, 5.41) is 4.39. The maximum absolute atomic E-state index is 12.8. The van der Waals surface area contributed by atoms with Gasteiger partial charge < -0.3 is 5.32 Å². The minimum Gasteiger partial charge on any atom is -0.310 e. The summed E-state index contributed by atoms with van der Waals surface area (Å²) in [5.74, 6) is -0.209. The molecular formula is C15H15FN2S. The van der Waals surface area contributed by atoms with Crippen LogP contribution in [-0.4, -0.2) is 11.0 Å². The average molecular weight is 274 g/mol. The van der Waals surface area contributed by atoms with E-state index >= 15 is 0 Å². The lowest BCUT2D eigenvalue weighted by molar-refractivity contribution is 0.626. The quantitative estimate of drug-likeness (QED) is 0.901. The lowest BCUT2D eigenvalue weighted by atomic mass is 10.3. The maximum atomic E-state index is 12.8. The Labute approximate surface area is 116 Å². The summed E-state index contributed by atoms with van der Waals surface area (Å²) in [4.78, 5) is 5.42. The van der Waals surface area contributed by atoms with Crippen LogP contribution in [0.1, 0.15) is 18.4 Å². The van der Waals surface area contributed by atoms with Crippen LogP contribution >= 0.6 is 11.8 Å². The van der Waals surface area contributed by atoms with Crippen LogP contribution in [0, 0.1) is 5.82 Å². The van der Waals surface area contributed by atoms with Gasteiger partial charge >= 0.3 is 0 Å². The molecule has 1 heterocycles. The van der Waals surface area contributed by atoms with Crippen LogP contribution in [0.3, 0.4) is 0 Å². The van der Waals surface area contributed by atoms with Crippen LogP contribution in [0.4, 0.5) is 4.39 Å². The molecule has 1 aromatic carbocycles. The van der Waals surface area contributed by atoms with Crippen molar-refractivity contribution in [2.45, 2.75) is 35.3 Å². The fourth-order valence-electron chi connectivity index (χ4n) is 1.75. The van der Waals surface area contributed by atoms with Gasteiger partial charge in [0.15, 0.2) is 0 Å². The molecule has 1 N–H and O–H groups in total. The summed E-state index contributed by atoms with van der Waals surface area (Å²) in [5.41, 5.74) is 1.20. The predicted molar refractivity (Wildman–Crippen MR) is 74.6 cm³/mol. The molecule has 0 unspecified atom stereocenters. The SMILES string of the molecule is Fc1ccc(Sc2ccc(CNC3CC3)cn2)cc1. The minimum atomic E-state index is -0.209. The summed E-state index contributed by atoms with van der Waals surface area (Å²) in [6, 6.07) is 11.3. The number of rotatable bonds is 5. The average Bonchev–Trinajstić information content (AvgIpc) is 3.25. The van der Waals surface area contributed by atoms with Gasteiger partial charge in [-0.05, 0) is 48.7 Å². The second kappa shape index (κ2) is 5.72. The first-order chi connectivity index (χ1) is 9.29. The third kappa shape index (κ3) is 3.78. The Morgan fingerprint density at radius 1 is 1.16 bits per heavy atom. The molecule has 2 aromatic rings. The van der Waals surface area contributed by atoms with Crippen molar-refractivity contribution in [3.8, 4) is 0 Å². The molecule has 0 bridgehead atoms. The molecule has 1 aliphatic carbocycles. The van der Waals surface area contributed by atoms with Crippen molar-refractivity contribution in [1.82, 2.24) is 10.3 Å². The van der Waals surface area contributed by atoms with Gasteiger partial charge in [0.25, 0.3) is 0 Å². The van der Waals surface area contributed by atoms with E-state index in [1.54, 1.807) is 23.9 Å². The van der Waals surface area contributed by atoms with Crippen molar-refractivity contribution >= 4 is 11.8 Å². The van der Waals surface area contributed by atoms with E-state index in [1.807, 2.05) is 12.3 Å². The monoisotopic (exact) mass is 274 g/mol. The number of halogens is 1. The fraction of sp³-hybridized carbons (Fsp3) is 0.267. The fourth-order valence-corrected chi connectivity index (χ4v) is 2.50. The van der Waals surface area contributed by atoms with E-state index in [2.05, 4.69) is 16.4 Å². The van der Waals surface area contributed by atoms with Crippen LogP contribution < -0.4 is 5.32 Å². The van der Waals surface area contributed by atoms with Gasteiger partial charge in [-0.25, -0.2) is 9.37 Å². The molecule has 0 saturated heterocycles. The number of nitrogens with zero attached hydrogens (tertiary/aromatic N) is 1. The predicted octanol–water partition coefficient (Wildman–Crippen LogP) is 3.62. The lowest BCUT2D eigenvalue weighted by Gasteiger charge is -2.04. The molecule has 3 rings (SSSR count). The molecule has 0 radical (unpaired) electrons. The van der Waals surface area contributed by atoms with Gasteiger partial charge in [-0.2, -0.15) is 0 Å². The highest BCUT2D eigenvalue weighted by atomic mass is 32.2. The van der Waals surface area contributed by atoms with E-state index in [0.29, 0.717) is 6.04 Å². The highest BCUT2D eigenvalue weighted by Gasteiger charge is 2.19. The summed E-state index contributed by atoms with van der Waals surface area (Å²) in [6.07, 6.45) is 4.50. The molecule has 1 aliphatic rings. The molecule has 98 valence electrons. The zero-order chi connectivity index (χ0) is 13.1.